The summed E-state index contributed by atoms with van der Waals surface area (Å²) in [6.45, 7) is 3.62. The van der Waals surface area contributed by atoms with Crippen molar-refractivity contribution in [1.29, 1.82) is 0 Å². The lowest BCUT2D eigenvalue weighted by atomic mass is 10.1. The molecule has 174 valence electrons. The van der Waals surface area contributed by atoms with E-state index in [1.165, 1.54) is 0 Å². The van der Waals surface area contributed by atoms with Gasteiger partial charge in [-0.2, -0.15) is 4.31 Å². The molecule has 0 saturated carbocycles. The summed E-state index contributed by atoms with van der Waals surface area (Å²) in [5.74, 6) is 1.46. The number of hydrogen-bond acceptors (Lipinski definition) is 5. The van der Waals surface area contributed by atoms with E-state index in [1.54, 1.807) is 11.4 Å². The maximum atomic E-state index is 12.8. The highest BCUT2D eigenvalue weighted by Gasteiger charge is 2.27. The SMILES string of the molecule is COc1cc(CN2CCN(S(=O)(=O)Cc3ccccc3)CC2)ccc1OCc1ccccc1. The monoisotopic (exact) mass is 466 g/mol. The molecule has 0 atom stereocenters. The summed E-state index contributed by atoms with van der Waals surface area (Å²) in [6, 6.07) is 25.4. The van der Waals surface area contributed by atoms with E-state index in [2.05, 4.69) is 4.90 Å². The number of rotatable bonds is 9. The zero-order valence-corrected chi connectivity index (χ0v) is 19.7. The van der Waals surface area contributed by atoms with Crippen LogP contribution in [0.3, 0.4) is 0 Å². The molecule has 3 aromatic carbocycles. The second kappa shape index (κ2) is 10.8. The molecule has 0 aliphatic carbocycles. The molecule has 0 radical (unpaired) electrons. The van der Waals surface area contributed by atoms with Crippen LogP contribution >= 0.6 is 0 Å². The first-order valence-electron chi connectivity index (χ1n) is 11.1. The van der Waals surface area contributed by atoms with Gasteiger partial charge in [0.25, 0.3) is 0 Å². The largest absolute Gasteiger partial charge is 0.493 e. The molecule has 0 aromatic heterocycles. The van der Waals surface area contributed by atoms with Crippen LogP contribution in [-0.4, -0.2) is 50.9 Å². The van der Waals surface area contributed by atoms with Gasteiger partial charge in [-0.3, -0.25) is 4.90 Å². The summed E-state index contributed by atoms with van der Waals surface area (Å²) >= 11 is 0. The molecule has 4 rings (SSSR count). The van der Waals surface area contributed by atoms with E-state index in [9.17, 15) is 8.42 Å². The van der Waals surface area contributed by atoms with E-state index in [0.29, 0.717) is 44.3 Å². The predicted octanol–water partition coefficient (Wildman–Crippen LogP) is 3.92. The molecule has 0 unspecified atom stereocenters. The Kier molecular flexibility index (Phi) is 7.65. The van der Waals surface area contributed by atoms with E-state index >= 15 is 0 Å². The molecule has 1 fully saturated rings. The van der Waals surface area contributed by atoms with Crippen molar-refractivity contribution < 1.29 is 17.9 Å². The maximum Gasteiger partial charge on any atom is 0.218 e. The molecule has 0 bridgehead atoms. The number of ether oxygens (including phenoxy) is 2. The van der Waals surface area contributed by atoms with Gasteiger partial charge in [-0.05, 0) is 28.8 Å². The number of hydrogen-bond donors (Lipinski definition) is 0. The van der Waals surface area contributed by atoms with Crippen molar-refractivity contribution in [2.75, 3.05) is 33.3 Å². The maximum absolute atomic E-state index is 12.8. The van der Waals surface area contributed by atoms with Crippen LogP contribution in [0.5, 0.6) is 11.5 Å². The fourth-order valence-electron chi connectivity index (χ4n) is 3.97. The minimum absolute atomic E-state index is 0.0511. The van der Waals surface area contributed by atoms with Crippen LogP contribution in [0.4, 0.5) is 0 Å². The van der Waals surface area contributed by atoms with Crippen LogP contribution in [0, 0.1) is 0 Å². The number of piperazine rings is 1. The molecule has 1 aliphatic rings. The molecule has 7 heteroatoms. The highest BCUT2D eigenvalue weighted by atomic mass is 32.2. The van der Waals surface area contributed by atoms with Crippen molar-refractivity contribution in [1.82, 2.24) is 9.21 Å². The Morgan fingerprint density at radius 2 is 1.39 bits per heavy atom. The standard InChI is InChI=1S/C26H30N2O4S/c1-31-26-18-24(12-13-25(26)32-20-22-8-4-2-5-9-22)19-27-14-16-28(17-15-27)33(29,30)21-23-10-6-3-7-11-23/h2-13,18H,14-17,19-21H2,1H3. The van der Waals surface area contributed by atoms with Gasteiger partial charge < -0.3 is 9.47 Å². The number of sulfonamides is 1. The molecule has 1 saturated heterocycles. The number of methoxy groups -OCH3 is 1. The molecule has 1 aliphatic heterocycles. The number of benzene rings is 3. The van der Waals surface area contributed by atoms with Crippen molar-refractivity contribution in [2.24, 2.45) is 0 Å². The molecule has 0 amide bonds. The molecule has 0 spiro atoms. The first-order chi connectivity index (χ1) is 16.0. The van der Waals surface area contributed by atoms with Crippen LogP contribution < -0.4 is 9.47 Å². The van der Waals surface area contributed by atoms with Gasteiger partial charge >= 0.3 is 0 Å². The Bertz CT molecular complexity index is 1130. The topological polar surface area (TPSA) is 59.1 Å². The summed E-state index contributed by atoms with van der Waals surface area (Å²) < 4.78 is 38.7. The predicted molar refractivity (Wildman–Crippen MR) is 130 cm³/mol. The summed E-state index contributed by atoms with van der Waals surface area (Å²) in [4.78, 5) is 2.27. The van der Waals surface area contributed by atoms with Crippen LogP contribution in [0.15, 0.2) is 78.9 Å². The van der Waals surface area contributed by atoms with E-state index in [4.69, 9.17) is 9.47 Å². The molecular weight excluding hydrogens is 436 g/mol. The summed E-state index contributed by atoms with van der Waals surface area (Å²) in [7, 11) is -1.66. The average molecular weight is 467 g/mol. The van der Waals surface area contributed by atoms with Gasteiger partial charge in [-0.15, -0.1) is 0 Å². The van der Waals surface area contributed by atoms with E-state index in [0.717, 1.165) is 23.2 Å². The Balaban J connectivity index is 1.31. The minimum Gasteiger partial charge on any atom is -0.493 e. The first-order valence-corrected chi connectivity index (χ1v) is 12.7. The van der Waals surface area contributed by atoms with Crippen molar-refractivity contribution in [3.8, 4) is 11.5 Å². The lowest BCUT2D eigenvalue weighted by Gasteiger charge is -2.34. The minimum atomic E-state index is -3.31. The quantitative estimate of drug-likeness (QED) is 0.478. The second-order valence-electron chi connectivity index (χ2n) is 8.18. The highest BCUT2D eigenvalue weighted by molar-refractivity contribution is 7.88. The van der Waals surface area contributed by atoms with Crippen LogP contribution in [0.2, 0.25) is 0 Å². The second-order valence-corrected chi connectivity index (χ2v) is 10.1. The van der Waals surface area contributed by atoms with E-state index in [1.807, 2.05) is 78.9 Å². The number of nitrogens with zero attached hydrogens (tertiary/aromatic N) is 2. The van der Waals surface area contributed by atoms with Gasteiger partial charge in [0.05, 0.1) is 12.9 Å². The molecule has 1 heterocycles. The fraction of sp³-hybridized carbons (Fsp3) is 0.308. The highest BCUT2D eigenvalue weighted by Crippen LogP contribution is 2.29. The first kappa shape index (κ1) is 23.3. The Labute approximate surface area is 196 Å². The summed E-state index contributed by atoms with van der Waals surface area (Å²) in [5, 5.41) is 0. The van der Waals surface area contributed by atoms with Crippen LogP contribution in [0.25, 0.3) is 0 Å². The third-order valence-corrected chi connectivity index (χ3v) is 7.64. The van der Waals surface area contributed by atoms with Gasteiger partial charge in [0.15, 0.2) is 11.5 Å². The normalized spacial score (nSPS) is 15.3. The van der Waals surface area contributed by atoms with Crippen LogP contribution in [0.1, 0.15) is 16.7 Å². The molecule has 3 aromatic rings. The zero-order chi connectivity index (χ0) is 23.1. The third kappa shape index (κ3) is 6.35. The van der Waals surface area contributed by atoms with Gasteiger partial charge in [0.2, 0.25) is 10.0 Å². The van der Waals surface area contributed by atoms with E-state index in [-0.39, 0.29) is 5.75 Å². The summed E-state index contributed by atoms with van der Waals surface area (Å²) in [5.41, 5.74) is 3.03. The molecule has 33 heavy (non-hydrogen) atoms. The van der Waals surface area contributed by atoms with Crippen molar-refractivity contribution in [3.05, 3.63) is 95.6 Å². The molecule has 6 nitrogen and oxygen atoms in total. The molecule has 0 N–H and O–H groups in total. The fourth-order valence-corrected chi connectivity index (χ4v) is 5.48. The van der Waals surface area contributed by atoms with Crippen molar-refractivity contribution >= 4 is 10.0 Å². The molecular formula is C26H30N2O4S. The Hall–Kier alpha value is -2.87. The van der Waals surface area contributed by atoms with Gasteiger partial charge in [0.1, 0.15) is 6.61 Å². The summed E-state index contributed by atoms with van der Waals surface area (Å²) in [6.07, 6.45) is 0. The third-order valence-electron chi connectivity index (χ3n) is 5.79. The van der Waals surface area contributed by atoms with Crippen LogP contribution in [-0.2, 0) is 28.9 Å². The lowest BCUT2D eigenvalue weighted by molar-refractivity contribution is 0.181. The van der Waals surface area contributed by atoms with Gasteiger partial charge in [-0.1, -0.05) is 66.7 Å². The van der Waals surface area contributed by atoms with E-state index < -0.39 is 10.0 Å². The lowest BCUT2D eigenvalue weighted by Crippen LogP contribution is -2.48. The van der Waals surface area contributed by atoms with Crippen molar-refractivity contribution in [2.45, 2.75) is 18.9 Å². The van der Waals surface area contributed by atoms with Gasteiger partial charge in [-0.25, -0.2) is 8.42 Å². The van der Waals surface area contributed by atoms with Gasteiger partial charge in [0, 0.05) is 32.7 Å². The Morgan fingerprint density at radius 3 is 2.03 bits per heavy atom. The van der Waals surface area contributed by atoms with Crippen molar-refractivity contribution in [3.63, 3.8) is 0 Å². The Morgan fingerprint density at radius 1 is 0.758 bits per heavy atom. The average Bonchev–Trinajstić information content (AvgIpc) is 2.84. The zero-order valence-electron chi connectivity index (χ0n) is 18.9. The smallest absolute Gasteiger partial charge is 0.218 e.